The summed E-state index contributed by atoms with van der Waals surface area (Å²) in [6.07, 6.45) is 7.17. The molecule has 3 nitrogen and oxygen atoms in total. The third-order valence-corrected chi connectivity index (χ3v) is 5.04. The largest absolute Gasteiger partial charge is 0.396 e. The van der Waals surface area contributed by atoms with Crippen molar-refractivity contribution in [2.24, 2.45) is 0 Å². The maximum absolute atomic E-state index is 9.15. The van der Waals surface area contributed by atoms with Gasteiger partial charge in [0.1, 0.15) is 0 Å². The van der Waals surface area contributed by atoms with Gasteiger partial charge in [-0.3, -0.25) is 0 Å². The molecule has 0 saturated carbocycles. The highest BCUT2D eigenvalue weighted by molar-refractivity contribution is 7.80. The predicted octanol–water partition coefficient (Wildman–Crippen LogP) is 4.62. The van der Waals surface area contributed by atoms with Gasteiger partial charge in [-0.1, -0.05) is 20.3 Å². The van der Waals surface area contributed by atoms with Gasteiger partial charge in [0.25, 0.3) is 0 Å². The number of thiol groups is 1. The monoisotopic (exact) mass is 334 g/mol. The zero-order valence-electron chi connectivity index (χ0n) is 15.4. The Morgan fingerprint density at radius 2 is 1.68 bits per heavy atom. The van der Waals surface area contributed by atoms with Crippen molar-refractivity contribution >= 4 is 12.6 Å². The second kappa shape index (κ2) is 11.7. The van der Waals surface area contributed by atoms with Gasteiger partial charge in [0, 0.05) is 6.61 Å². The van der Waals surface area contributed by atoms with Crippen LogP contribution in [0.4, 0.5) is 0 Å². The van der Waals surface area contributed by atoms with Crippen LogP contribution in [0.5, 0.6) is 0 Å². The smallest absolute Gasteiger partial charge is 0.0677 e. The van der Waals surface area contributed by atoms with Crippen molar-refractivity contribution in [3.8, 4) is 0 Å². The summed E-state index contributed by atoms with van der Waals surface area (Å²) in [5.41, 5.74) is -0.351. The van der Waals surface area contributed by atoms with Crippen molar-refractivity contribution in [2.75, 3.05) is 19.0 Å². The van der Waals surface area contributed by atoms with Gasteiger partial charge in [0.15, 0.2) is 0 Å². The number of hydrogen-bond donors (Lipinski definition) is 2. The fourth-order valence-electron chi connectivity index (χ4n) is 2.51. The van der Waals surface area contributed by atoms with E-state index in [1.165, 1.54) is 6.42 Å². The molecule has 0 aromatic heterocycles. The Morgan fingerprint density at radius 1 is 1.05 bits per heavy atom. The summed E-state index contributed by atoms with van der Waals surface area (Å²) in [6.45, 7) is 11.6. The first-order chi connectivity index (χ1) is 10.3. The number of rotatable bonds is 14. The molecule has 0 fully saturated rings. The van der Waals surface area contributed by atoms with Gasteiger partial charge in [0.2, 0.25) is 0 Å². The van der Waals surface area contributed by atoms with E-state index in [1.807, 2.05) is 0 Å². The Balaban J connectivity index is 4.26. The topological polar surface area (TPSA) is 38.7 Å². The number of hydrogen-bond acceptors (Lipinski definition) is 4. The maximum atomic E-state index is 9.15. The second-order valence-electron chi connectivity index (χ2n) is 6.83. The Morgan fingerprint density at radius 3 is 2.18 bits per heavy atom. The normalized spacial score (nSPS) is 18.7. The van der Waals surface area contributed by atoms with Gasteiger partial charge < -0.3 is 14.6 Å². The summed E-state index contributed by atoms with van der Waals surface area (Å²) in [5, 5.41) is 9.15. The zero-order valence-corrected chi connectivity index (χ0v) is 16.3. The van der Waals surface area contributed by atoms with E-state index < -0.39 is 0 Å². The van der Waals surface area contributed by atoms with Crippen LogP contribution in [0.3, 0.4) is 0 Å². The maximum Gasteiger partial charge on any atom is 0.0677 e. The lowest BCUT2D eigenvalue weighted by Crippen LogP contribution is -2.36. The van der Waals surface area contributed by atoms with Crippen LogP contribution in [0, 0.1) is 0 Å². The lowest BCUT2D eigenvalue weighted by Gasteiger charge is -2.34. The van der Waals surface area contributed by atoms with E-state index in [-0.39, 0.29) is 23.9 Å². The predicted molar refractivity (Wildman–Crippen MR) is 97.9 cm³/mol. The molecule has 3 atom stereocenters. The summed E-state index contributed by atoms with van der Waals surface area (Å²) in [5.74, 6) is 0.950. The van der Waals surface area contributed by atoms with Crippen molar-refractivity contribution < 1.29 is 14.6 Å². The molecule has 134 valence electrons. The van der Waals surface area contributed by atoms with Crippen molar-refractivity contribution in [1.82, 2.24) is 0 Å². The zero-order chi connectivity index (χ0) is 17.1. The van der Waals surface area contributed by atoms with Gasteiger partial charge >= 0.3 is 0 Å². The molecule has 22 heavy (non-hydrogen) atoms. The molecule has 0 radical (unpaired) electrons. The molecule has 0 bridgehead atoms. The Bertz CT molecular complexity index is 275. The van der Waals surface area contributed by atoms with Crippen LogP contribution < -0.4 is 0 Å². The van der Waals surface area contributed by atoms with Crippen LogP contribution in [0.15, 0.2) is 0 Å². The van der Waals surface area contributed by atoms with Crippen molar-refractivity contribution in [3.05, 3.63) is 0 Å². The van der Waals surface area contributed by atoms with Gasteiger partial charge in [-0.2, -0.15) is 12.6 Å². The highest BCUT2D eigenvalue weighted by Crippen LogP contribution is 2.26. The Kier molecular flexibility index (Phi) is 11.8. The van der Waals surface area contributed by atoms with E-state index in [0.717, 1.165) is 37.9 Å². The second-order valence-corrected chi connectivity index (χ2v) is 7.27. The molecule has 0 rings (SSSR count). The molecule has 4 heteroatoms. The minimum Gasteiger partial charge on any atom is -0.396 e. The van der Waals surface area contributed by atoms with Gasteiger partial charge in [-0.15, -0.1) is 0 Å². The van der Waals surface area contributed by atoms with Crippen LogP contribution in [0.25, 0.3) is 0 Å². The van der Waals surface area contributed by atoms with Crippen LogP contribution in [-0.4, -0.2) is 41.4 Å². The third kappa shape index (κ3) is 9.39. The minimum absolute atomic E-state index is 0.131. The molecule has 0 saturated heterocycles. The minimum atomic E-state index is -0.221. The number of unbranched alkanes of at least 4 members (excludes halogenated alkanes) is 1. The van der Waals surface area contributed by atoms with E-state index >= 15 is 0 Å². The molecule has 3 unspecified atom stereocenters. The van der Waals surface area contributed by atoms with Crippen LogP contribution in [-0.2, 0) is 9.47 Å². The summed E-state index contributed by atoms with van der Waals surface area (Å²) >= 11 is 4.25. The van der Waals surface area contributed by atoms with E-state index in [2.05, 4.69) is 47.2 Å². The molecule has 0 aliphatic rings. The first-order valence-electron chi connectivity index (χ1n) is 8.88. The van der Waals surface area contributed by atoms with Gasteiger partial charge in [-0.05, 0) is 65.0 Å². The first-order valence-corrected chi connectivity index (χ1v) is 9.51. The molecular weight excluding hydrogens is 296 g/mol. The molecule has 0 aromatic rings. The van der Waals surface area contributed by atoms with Crippen molar-refractivity contribution in [2.45, 2.75) is 96.9 Å². The van der Waals surface area contributed by atoms with Crippen LogP contribution in [0.2, 0.25) is 0 Å². The number of aliphatic hydroxyl groups excluding tert-OH is 1. The molecule has 1 N–H and O–H groups in total. The fourth-order valence-corrected chi connectivity index (χ4v) is 2.73. The van der Waals surface area contributed by atoms with E-state index in [4.69, 9.17) is 14.6 Å². The Labute approximate surface area is 143 Å². The van der Waals surface area contributed by atoms with E-state index in [0.29, 0.717) is 13.0 Å². The Hall–Kier alpha value is 0.230. The standard InChI is InChI=1S/C18H38O3S/c1-6-17(4,11-13-19)20-14-12-18(5,7-2)21-16(3)10-8-9-15-22/h16,19,22H,6-15H2,1-5H3. The van der Waals surface area contributed by atoms with Crippen LogP contribution in [0.1, 0.15) is 79.6 Å². The lowest BCUT2D eigenvalue weighted by molar-refractivity contribution is -0.116. The molecule has 0 spiro atoms. The van der Waals surface area contributed by atoms with E-state index in [1.54, 1.807) is 0 Å². The number of ether oxygens (including phenoxy) is 2. The highest BCUT2D eigenvalue weighted by atomic mass is 32.1. The van der Waals surface area contributed by atoms with Gasteiger partial charge in [-0.25, -0.2) is 0 Å². The SMILES string of the molecule is CCC(C)(CCO)OCCC(C)(CC)OC(C)CCCCS. The molecule has 0 aromatic carbocycles. The quantitative estimate of drug-likeness (QED) is 0.360. The number of aliphatic hydroxyl groups is 1. The first kappa shape index (κ1) is 22.2. The van der Waals surface area contributed by atoms with Gasteiger partial charge in [0.05, 0.1) is 23.9 Å². The third-order valence-electron chi connectivity index (χ3n) is 4.72. The summed E-state index contributed by atoms with van der Waals surface area (Å²) in [7, 11) is 0. The highest BCUT2D eigenvalue weighted by Gasteiger charge is 2.28. The lowest BCUT2D eigenvalue weighted by atomic mass is 9.97. The molecule has 0 amide bonds. The fraction of sp³-hybridized carbons (Fsp3) is 1.00. The van der Waals surface area contributed by atoms with E-state index in [9.17, 15) is 0 Å². The van der Waals surface area contributed by atoms with Crippen molar-refractivity contribution in [1.29, 1.82) is 0 Å². The van der Waals surface area contributed by atoms with Crippen molar-refractivity contribution in [3.63, 3.8) is 0 Å². The molecule has 0 aliphatic heterocycles. The summed E-state index contributed by atoms with van der Waals surface area (Å²) in [4.78, 5) is 0. The molecular formula is C18H38O3S. The van der Waals surface area contributed by atoms with Crippen LogP contribution >= 0.6 is 12.6 Å². The average molecular weight is 335 g/mol. The molecule has 0 aliphatic carbocycles. The summed E-state index contributed by atoms with van der Waals surface area (Å²) < 4.78 is 12.3. The summed E-state index contributed by atoms with van der Waals surface area (Å²) in [6, 6.07) is 0. The molecule has 0 heterocycles. The average Bonchev–Trinajstić information content (AvgIpc) is 2.47.